The lowest BCUT2D eigenvalue weighted by atomic mass is 9.93. The molecule has 0 spiro atoms. The Morgan fingerprint density at radius 1 is 1.12 bits per heavy atom. The normalized spacial score (nSPS) is 14.9. The summed E-state index contributed by atoms with van der Waals surface area (Å²) in [7, 11) is 2.08. The lowest BCUT2D eigenvalue weighted by molar-refractivity contribution is -0.274. The molecule has 0 atom stereocenters. The molecule has 1 aromatic carbocycles. The second-order valence-corrected chi connectivity index (χ2v) is 10.7. The highest BCUT2D eigenvalue weighted by Crippen LogP contribution is 2.30. The molecule has 0 aliphatic carbocycles. The van der Waals surface area contributed by atoms with Gasteiger partial charge in [0.25, 0.3) is 17.9 Å². The SMILES string of the molecule is CC(C)(C)OC=O.CN1CCC(c2cc(=O)[nH]c3c(-c4nnc(Cc5ccc(OC(F)(F)F)cc5)o4)cnn23)CC1. The molecule has 3 aromatic heterocycles. The van der Waals surface area contributed by atoms with E-state index >= 15 is 0 Å². The van der Waals surface area contributed by atoms with E-state index in [-0.39, 0.29) is 41.0 Å². The molecule has 0 bridgehead atoms. The van der Waals surface area contributed by atoms with Gasteiger partial charge in [-0.15, -0.1) is 23.4 Å². The monoisotopic (exact) mass is 576 g/mol. The number of hydrogen-bond acceptors (Lipinski definition) is 9. The maximum atomic E-state index is 12.4. The lowest BCUT2D eigenvalue weighted by Crippen LogP contribution is -2.30. The van der Waals surface area contributed by atoms with E-state index in [1.165, 1.54) is 24.3 Å². The van der Waals surface area contributed by atoms with Crippen molar-refractivity contribution >= 4 is 12.1 Å². The molecule has 1 aliphatic heterocycles. The van der Waals surface area contributed by atoms with Gasteiger partial charge in [-0.1, -0.05) is 12.1 Å². The number of H-pyrrole nitrogens is 1. The first kappa shape index (κ1) is 29.8. The van der Waals surface area contributed by atoms with Crippen LogP contribution in [0.1, 0.15) is 56.7 Å². The Morgan fingerprint density at radius 2 is 1.80 bits per heavy atom. The van der Waals surface area contributed by atoms with Crippen molar-refractivity contribution in [3.63, 3.8) is 0 Å². The highest BCUT2D eigenvalue weighted by Gasteiger charge is 2.31. The summed E-state index contributed by atoms with van der Waals surface area (Å²) in [5.74, 6) is 0.375. The van der Waals surface area contributed by atoms with E-state index in [1.807, 2.05) is 20.8 Å². The van der Waals surface area contributed by atoms with Crippen molar-refractivity contribution < 1.29 is 31.9 Å². The first-order chi connectivity index (χ1) is 19.3. The number of alkyl halides is 3. The highest BCUT2D eigenvalue weighted by molar-refractivity contribution is 5.70. The van der Waals surface area contributed by atoms with E-state index in [0.29, 0.717) is 23.2 Å². The number of halogens is 3. The minimum atomic E-state index is -4.74. The van der Waals surface area contributed by atoms with Gasteiger partial charge < -0.3 is 23.8 Å². The van der Waals surface area contributed by atoms with Crippen molar-refractivity contribution in [3.05, 3.63) is 64.0 Å². The fraction of sp³-hybridized carbons (Fsp3) is 0.444. The van der Waals surface area contributed by atoms with Gasteiger partial charge in [-0.05, 0) is 71.4 Å². The van der Waals surface area contributed by atoms with Crippen molar-refractivity contribution in [1.82, 2.24) is 29.7 Å². The van der Waals surface area contributed by atoms with Crippen LogP contribution in [0.15, 0.2) is 45.7 Å². The first-order valence-electron chi connectivity index (χ1n) is 12.9. The highest BCUT2D eigenvalue weighted by atomic mass is 19.4. The van der Waals surface area contributed by atoms with Crippen LogP contribution in [0.3, 0.4) is 0 Å². The van der Waals surface area contributed by atoms with Crippen molar-refractivity contribution in [3.8, 4) is 17.2 Å². The Hall–Kier alpha value is -4.20. The number of fused-ring (bicyclic) bond motifs is 1. The van der Waals surface area contributed by atoms with Crippen LogP contribution >= 0.6 is 0 Å². The molecule has 0 saturated carbocycles. The maximum absolute atomic E-state index is 12.4. The Labute approximate surface area is 233 Å². The van der Waals surface area contributed by atoms with Crippen LogP contribution in [0.5, 0.6) is 5.75 Å². The summed E-state index contributed by atoms with van der Waals surface area (Å²) in [4.78, 5) is 27.1. The molecule has 14 heteroatoms. The summed E-state index contributed by atoms with van der Waals surface area (Å²) in [6.07, 6.45) is -1.09. The van der Waals surface area contributed by atoms with Gasteiger partial charge in [0.05, 0.1) is 18.3 Å². The summed E-state index contributed by atoms with van der Waals surface area (Å²) in [5, 5.41) is 12.6. The fourth-order valence-corrected chi connectivity index (χ4v) is 4.33. The van der Waals surface area contributed by atoms with Crippen LogP contribution in [0.4, 0.5) is 13.2 Å². The molecule has 1 aliphatic rings. The molecule has 1 saturated heterocycles. The molecular weight excluding hydrogens is 545 g/mol. The fourth-order valence-electron chi connectivity index (χ4n) is 4.33. The number of aromatic amines is 1. The number of nitrogens with zero attached hydrogens (tertiary/aromatic N) is 5. The average Bonchev–Trinajstić information content (AvgIpc) is 3.51. The quantitative estimate of drug-likeness (QED) is 0.334. The van der Waals surface area contributed by atoms with Gasteiger partial charge >= 0.3 is 6.36 Å². The number of rotatable bonds is 6. The zero-order valence-corrected chi connectivity index (χ0v) is 23.1. The third-order valence-corrected chi connectivity index (χ3v) is 6.28. The maximum Gasteiger partial charge on any atom is 0.573 e. The topological polar surface area (TPSA) is 128 Å². The summed E-state index contributed by atoms with van der Waals surface area (Å²) in [6.45, 7) is 7.82. The minimum absolute atomic E-state index is 0.193. The van der Waals surface area contributed by atoms with Crippen LogP contribution in [0.25, 0.3) is 17.1 Å². The lowest BCUT2D eigenvalue weighted by Gasteiger charge is -2.29. The summed E-state index contributed by atoms with van der Waals surface area (Å²) >= 11 is 0. The predicted octanol–water partition coefficient (Wildman–Crippen LogP) is 4.33. The van der Waals surface area contributed by atoms with Crippen molar-refractivity contribution in [2.24, 2.45) is 0 Å². The van der Waals surface area contributed by atoms with E-state index in [0.717, 1.165) is 31.6 Å². The van der Waals surface area contributed by atoms with Crippen LogP contribution < -0.4 is 10.3 Å². The van der Waals surface area contributed by atoms with E-state index < -0.39 is 6.36 Å². The zero-order chi connectivity index (χ0) is 29.8. The number of ether oxygens (including phenoxy) is 2. The second kappa shape index (κ2) is 12.1. The molecule has 41 heavy (non-hydrogen) atoms. The van der Waals surface area contributed by atoms with Crippen LogP contribution in [-0.4, -0.2) is 68.3 Å². The van der Waals surface area contributed by atoms with Crippen molar-refractivity contribution in [1.29, 1.82) is 0 Å². The van der Waals surface area contributed by atoms with Gasteiger partial charge in [0.15, 0.2) is 0 Å². The molecule has 220 valence electrons. The number of piperidine rings is 1. The minimum Gasteiger partial charge on any atom is -0.462 e. The third-order valence-electron chi connectivity index (χ3n) is 6.28. The van der Waals surface area contributed by atoms with Crippen LogP contribution in [-0.2, 0) is 16.0 Å². The van der Waals surface area contributed by atoms with E-state index in [2.05, 4.69) is 41.7 Å². The molecule has 5 rings (SSSR count). The Morgan fingerprint density at radius 3 is 2.39 bits per heavy atom. The van der Waals surface area contributed by atoms with Gasteiger partial charge in [0.1, 0.15) is 22.6 Å². The smallest absolute Gasteiger partial charge is 0.462 e. The van der Waals surface area contributed by atoms with Gasteiger partial charge in [-0.3, -0.25) is 9.59 Å². The number of benzene rings is 1. The van der Waals surface area contributed by atoms with Gasteiger partial charge in [0, 0.05) is 12.0 Å². The summed E-state index contributed by atoms with van der Waals surface area (Å²) < 4.78 is 52.9. The number of hydrogen-bond donors (Lipinski definition) is 1. The molecule has 1 N–H and O–H groups in total. The Balaban J connectivity index is 0.000000493. The van der Waals surface area contributed by atoms with Crippen LogP contribution in [0, 0.1) is 0 Å². The van der Waals surface area contributed by atoms with Crippen LogP contribution in [0.2, 0.25) is 0 Å². The van der Waals surface area contributed by atoms with Crippen molar-refractivity contribution in [2.45, 2.75) is 57.9 Å². The average molecular weight is 577 g/mol. The summed E-state index contributed by atoms with van der Waals surface area (Å²) in [6, 6.07) is 7.02. The molecule has 4 heterocycles. The summed E-state index contributed by atoms with van der Waals surface area (Å²) in [5.41, 5.74) is 1.94. The molecule has 11 nitrogen and oxygen atoms in total. The molecule has 0 amide bonds. The van der Waals surface area contributed by atoms with E-state index in [9.17, 15) is 22.8 Å². The largest absolute Gasteiger partial charge is 0.573 e. The number of carbonyl (C=O) groups excluding carboxylic acids is 1. The molecule has 1 fully saturated rings. The van der Waals surface area contributed by atoms with Gasteiger partial charge in [0.2, 0.25) is 5.89 Å². The molecule has 4 aromatic rings. The van der Waals surface area contributed by atoms with Crippen molar-refractivity contribution in [2.75, 3.05) is 20.1 Å². The van der Waals surface area contributed by atoms with Gasteiger partial charge in [-0.25, -0.2) is 4.52 Å². The Bertz CT molecular complexity index is 1510. The zero-order valence-electron chi connectivity index (χ0n) is 23.1. The first-order valence-corrected chi connectivity index (χ1v) is 12.9. The van der Waals surface area contributed by atoms with E-state index in [4.69, 9.17) is 4.42 Å². The third kappa shape index (κ3) is 8.16. The molecule has 0 unspecified atom stereocenters. The number of likely N-dealkylation sites (tertiary alicyclic amines) is 1. The number of aromatic nitrogens is 5. The molecule has 0 radical (unpaired) electrons. The number of nitrogens with one attached hydrogen (secondary N) is 1. The Kier molecular flexibility index (Phi) is 8.80. The standard InChI is InChI=1S/C22H21F3N6O3.C5H10O2/c1-30-8-6-14(7-9-30)17-11-18(32)27-20-16(12-26-31(17)20)21-29-28-19(33-21)10-13-2-4-15(5-3-13)34-22(23,24)25;1-5(2,3)7-4-6/h2-5,11-12,14H,6-10H2,1H3,(H,27,32);4H,1-3H3. The van der Waals surface area contributed by atoms with Gasteiger partial charge in [-0.2, -0.15) is 5.10 Å². The molecular formula is C27H31F3N6O5. The second-order valence-electron chi connectivity index (χ2n) is 10.7. The van der Waals surface area contributed by atoms with E-state index in [1.54, 1.807) is 16.8 Å². The number of carbonyl (C=O) groups is 1. The predicted molar refractivity (Wildman–Crippen MR) is 141 cm³/mol.